The van der Waals surface area contributed by atoms with Gasteiger partial charge in [-0.3, -0.25) is 9.67 Å². The normalized spacial score (nSPS) is 18.5. The Morgan fingerprint density at radius 3 is 2.32 bits per heavy atom. The fourth-order valence-corrected chi connectivity index (χ4v) is 5.57. The molecular weight excluding hydrogens is 424 g/mol. The molecule has 3 aromatic rings. The molecule has 2 aromatic heterocycles. The maximum atomic E-state index is 12.4. The van der Waals surface area contributed by atoms with Crippen molar-refractivity contribution in [3.8, 4) is 0 Å². The second-order valence-corrected chi connectivity index (χ2v) is 10.7. The van der Waals surface area contributed by atoms with Gasteiger partial charge in [-0.05, 0) is 55.5 Å². The van der Waals surface area contributed by atoms with Crippen molar-refractivity contribution in [3.05, 3.63) is 82.4 Å². The van der Waals surface area contributed by atoms with E-state index >= 15 is 0 Å². The van der Waals surface area contributed by atoms with Crippen LogP contribution in [0.2, 0.25) is 0 Å². The summed E-state index contributed by atoms with van der Waals surface area (Å²) < 4.78 is 1.73. The minimum absolute atomic E-state index is 0.326. The summed E-state index contributed by atoms with van der Waals surface area (Å²) in [6.45, 7) is 10.0. The number of hydrogen-bond acceptors (Lipinski definition) is 5. The number of aromatic nitrogens is 3. The number of aliphatic hydroxyl groups is 2. The highest BCUT2D eigenvalue weighted by molar-refractivity contribution is 5.42. The molecular formula is C28H38N4O2. The van der Waals surface area contributed by atoms with E-state index in [0.29, 0.717) is 18.8 Å². The molecule has 2 unspecified atom stereocenters. The maximum Gasteiger partial charge on any atom is 0.124 e. The van der Waals surface area contributed by atoms with Crippen molar-refractivity contribution in [2.75, 3.05) is 20.1 Å². The second kappa shape index (κ2) is 9.25. The molecule has 4 rings (SSSR count). The summed E-state index contributed by atoms with van der Waals surface area (Å²) in [6, 6.07) is 10.5. The third kappa shape index (κ3) is 4.42. The van der Waals surface area contributed by atoms with Crippen molar-refractivity contribution >= 4 is 0 Å². The lowest BCUT2D eigenvalue weighted by atomic mass is 9.62. The Bertz CT molecular complexity index is 1130. The second-order valence-electron chi connectivity index (χ2n) is 10.7. The van der Waals surface area contributed by atoms with Crippen molar-refractivity contribution in [3.63, 3.8) is 0 Å². The summed E-state index contributed by atoms with van der Waals surface area (Å²) in [5, 5.41) is 27.4. The largest absolute Gasteiger partial charge is 0.388 e. The molecule has 1 aromatic carbocycles. The van der Waals surface area contributed by atoms with Crippen LogP contribution in [-0.2, 0) is 19.1 Å². The predicted molar refractivity (Wildman–Crippen MR) is 135 cm³/mol. The number of rotatable bonds is 8. The van der Waals surface area contributed by atoms with Crippen LogP contribution in [0.1, 0.15) is 72.7 Å². The number of benzene rings is 1. The van der Waals surface area contributed by atoms with E-state index in [1.54, 1.807) is 10.9 Å². The zero-order valence-electron chi connectivity index (χ0n) is 21.3. The number of likely N-dealkylation sites (tertiary alicyclic amines) is 1. The van der Waals surface area contributed by atoms with E-state index in [0.717, 1.165) is 41.0 Å². The van der Waals surface area contributed by atoms with E-state index in [-0.39, 0.29) is 5.41 Å². The minimum atomic E-state index is -1.16. The summed E-state index contributed by atoms with van der Waals surface area (Å²) in [5.74, 6) is 0.437. The van der Waals surface area contributed by atoms with Crippen LogP contribution in [0.15, 0.2) is 48.9 Å². The van der Waals surface area contributed by atoms with Gasteiger partial charge in [0, 0.05) is 55.3 Å². The van der Waals surface area contributed by atoms with E-state index in [1.807, 2.05) is 26.4 Å². The van der Waals surface area contributed by atoms with E-state index in [4.69, 9.17) is 0 Å². The molecule has 6 nitrogen and oxygen atoms in total. The lowest BCUT2D eigenvalue weighted by molar-refractivity contribution is -0.127. The minimum Gasteiger partial charge on any atom is -0.388 e. The molecule has 1 saturated heterocycles. The first-order chi connectivity index (χ1) is 16.0. The highest BCUT2D eigenvalue weighted by Gasteiger charge is 2.55. The fourth-order valence-electron chi connectivity index (χ4n) is 5.57. The molecule has 182 valence electrons. The summed E-state index contributed by atoms with van der Waals surface area (Å²) in [7, 11) is 3.95. The van der Waals surface area contributed by atoms with E-state index in [9.17, 15) is 10.2 Å². The van der Waals surface area contributed by atoms with Crippen LogP contribution >= 0.6 is 0 Å². The molecule has 6 heteroatoms. The van der Waals surface area contributed by atoms with Gasteiger partial charge in [0.1, 0.15) is 5.60 Å². The van der Waals surface area contributed by atoms with Crippen LogP contribution in [0.3, 0.4) is 0 Å². The highest BCUT2D eigenvalue weighted by Crippen LogP contribution is 2.50. The molecule has 0 spiro atoms. The van der Waals surface area contributed by atoms with Gasteiger partial charge in [-0.2, -0.15) is 5.10 Å². The van der Waals surface area contributed by atoms with Gasteiger partial charge in [-0.1, -0.05) is 45.0 Å². The van der Waals surface area contributed by atoms with Crippen LogP contribution in [0, 0.1) is 12.3 Å². The number of nitrogens with zero attached hydrogens (tertiary/aromatic N) is 4. The lowest BCUT2D eigenvalue weighted by Gasteiger charge is -2.56. The zero-order valence-corrected chi connectivity index (χ0v) is 21.3. The highest BCUT2D eigenvalue weighted by atomic mass is 16.3. The molecule has 3 heterocycles. The van der Waals surface area contributed by atoms with E-state index < -0.39 is 11.7 Å². The topological polar surface area (TPSA) is 74.4 Å². The molecule has 2 N–H and O–H groups in total. The van der Waals surface area contributed by atoms with Gasteiger partial charge in [0.15, 0.2) is 0 Å². The molecule has 0 saturated carbocycles. The standard InChI is InChI=1S/C28H38N4O2/c1-19(2)22-8-10-23(11-9-22)28(34,27(4)17-31(5)18-27)24-13-21(14-29-15-24)7-12-26(33)25-16-32(6)30-20(25)3/h8-11,13-16,19,26,33-34H,7,12,17-18H2,1-6H3. The van der Waals surface area contributed by atoms with Crippen LogP contribution < -0.4 is 0 Å². The van der Waals surface area contributed by atoms with Crippen molar-refractivity contribution in [1.82, 2.24) is 19.7 Å². The van der Waals surface area contributed by atoms with Gasteiger partial charge in [0.25, 0.3) is 0 Å². The Morgan fingerprint density at radius 2 is 1.76 bits per heavy atom. The molecule has 1 aliphatic heterocycles. The van der Waals surface area contributed by atoms with Gasteiger partial charge < -0.3 is 15.1 Å². The molecule has 0 radical (unpaired) electrons. The van der Waals surface area contributed by atoms with Gasteiger partial charge >= 0.3 is 0 Å². The van der Waals surface area contributed by atoms with Crippen LogP contribution in [0.4, 0.5) is 0 Å². The predicted octanol–water partition coefficient (Wildman–Crippen LogP) is 4.10. The molecule has 0 bridgehead atoms. The Balaban J connectivity index is 1.63. The molecule has 34 heavy (non-hydrogen) atoms. The van der Waals surface area contributed by atoms with E-state index in [1.165, 1.54) is 5.56 Å². The molecule has 1 fully saturated rings. The Kier molecular flexibility index (Phi) is 6.69. The summed E-state index contributed by atoms with van der Waals surface area (Å²) in [5.41, 5.74) is 4.20. The van der Waals surface area contributed by atoms with Crippen molar-refractivity contribution in [2.45, 2.75) is 58.2 Å². The third-order valence-corrected chi connectivity index (χ3v) is 7.44. The quantitative estimate of drug-likeness (QED) is 0.527. The average Bonchev–Trinajstić information content (AvgIpc) is 3.14. The fraction of sp³-hybridized carbons (Fsp3) is 0.500. The smallest absolute Gasteiger partial charge is 0.124 e. The average molecular weight is 463 g/mol. The van der Waals surface area contributed by atoms with Gasteiger partial charge in [-0.25, -0.2) is 0 Å². The van der Waals surface area contributed by atoms with Gasteiger partial charge in [-0.15, -0.1) is 0 Å². The maximum absolute atomic E-state index is 12.4. The Labute approximate surface area is 203 Å². The molecule has 0 aliphatic carbocycles. The molecule has 1 aliphatic rings. The number of hydrogen-bond donors (Lipinski definition) is 2. The first-order valence-corrected chi connectivity index (χ1v) is 12.2. The van der Waals surface area contributed by atoms with Crippen LogP contribution in [0.25, 0.3) is 0 Å². The number of pyridine rings is 1. The lowest BCUT2D eigenvalue weighted by Crippen LogP contribution is -2.63. The summed E-state index contributed by atoms with van der Waals surface area (Å²) in [6.07, 6.45) is 6.16. The van der Waals surface area contributed by atoms with Gasteiger partial charge in [0.05, 0.1) is 11.8 Å². The third-order valence-electron chi connectivity index (χ3n) is 7.44. The van der Waals surface area contributed by atoms with Crippen LogP contribution in [-0.4, -0.2) is 50.0 Å². The monoisotopic (exact) mass is 462 g/mol. The number of aliphatic hydroxyl groups excluding tert-OH is 1. The van der Waals surface area contributed by atoms with Crippen molar-refractivity contribution in [2.24, 2.45) is 12.5 Å². The van der Waals surface area contributed by atoms with Crippen molar-refractivity contribution in [1.29, 1.82) is 0 Å². The number of aryl methyl sites for hydroxylation is 3. The summed E-state index contributed by atoms with van der Waals surface area (Å²) in [4.78, 5) is 6.75. The Morgan fingerprint density at radius 1 is 1.09 bits per heavy atom. The zero-order chi connectivity index (χ0) is 24.7. The van der Waals surface area contributed by atoms with Gasteiger partial charge in [0.2, 0.25) is 0 Å². The Hall–Kier alpha value is -2.54. The first kappa shape index (κ1) is 24.6. The molecule has 0 amide bonds. The van der Waals surface area contributed by atoms with E-state index in [2.05, 4.69) is 73.1 Å². The first-order valence-electron chi connectivity index (χ1n) is 12.2. The SMILES string of the molecule is Cc1nn(C)cc1C(O)CCc1cncc(C(O)(c2ccc(C(C)C)cc2)C2(C)CN(C)C2)c1. The molecule has 2 atom stereocenters. The van der Waals surface area contributed by atoms with Crippen LogP contribution in [0.5, 0.6) is 0 Å². The van der Waals surface area contributed by atoms with Crippen molar-refractivity contribution < 1.29 is 10.2 Å². The summed E-state index contributed by atoms with van der Waals surface area (Å²) >= 11 is 0.